The van der Waals surface area contributed by atoms with Crippen LogP contribution < -0.4 is 14.8 Å². The summed E-state index contributed by atoms with van der Waals surface area (Å²) in [5.41, 5.74) is 2.97. The first-order valence-electron chi connectivity index (χ1n) is 8.23. The van der Waals surface area contributed by atoms with E-state index in [9.17, 15) is 4.79 Å². The second-order valence-electron chi connectivity index (χ2n) is 6.78. The van der Waals surface area contributed by atoms with Gasteiger partial charge in [0.05, 0.1) is 0 Å². The average molecular weight is 325 g/mol. The van der Waals surface area contributed by atoms with Gasteiger partial charge in [0.1, 0.15) is 17.1 Å². The molecule has 0 atom stereocenters. The fourth-order valence-electron chi connectivity index (χ4n) is 2.89. The number of carbonyl (C=O) groups is 1. The Balaban J connectivity index is 1.65. The molecular weight excluding hydrogens is 302 g/mol. The molecule has 1 amide bonds. The molecule has 0 fully saturated rings. The Morgan fingerprint density at radius 1 is 1.25 bits per heavy atom. The molecule has 126 valence electrons. The quantitative estimate of drug-likeness (QED) is 0.920. The molecule has 0 spiro atoms. The number of fused-ring (bicyclic) bond motifs is 1. The van der Waals surface area contributed by atoms with Gasteiger partial charge in [-0.25, -0.2) is 0 Å². The highest BCUT2D eigenvalue weighted by Crippen LogP contribution is 2.37. The third kappa shape index (κ3) is 3.88. The Morgan fingerprint density at radius 3 is 2.75 bits per heavy atom. The molecule has 4 nitrogen and oxygen atoms in total. The second kappa shape index (κ2) is 6.56. The third-order valence-electron chi connectivity index (χ3n) is 4.20. The van der Waals surface area contributed by atoms with Crippen LogP contribution in [-0.2, 0) is 11.2 Å². The molecule has 24 heavy (non-hydrogen) atoms. The lowest BCUT2D eigenvalue weighted by atomic mass is 9.92. The second-order valence-corrected chi connectivity index (χ2v) is 6.78. The van der Waals surface area contributed by atoms with Crippen LogP contribution in [0.25, 0.3) is 0 Å². The van der Waals surface area contributed by atoms with Gasteiger partial charge in [0.25, 0.3) is 5.91 Å². The number of amides is 1. The number of rotatable bonds is 4. The maximum absolute atomic E-state index is 12.0. The van der Waals surface area contributed by atoms with Crippen molar-refractivity contribution in [3.63, 3.8) is 0 Å². The molecule has 1 aliphatic heterocycles. The number of nitrogens with one attached hydrogen (secondary N) is 1. The molecule has 1 heterocycles. The summed E-state index contributed by atoms with van der Waals surface area (Å²) in [7, 11) is 0. The van der Waals surface area contributed by atoms with Crippen molar-refractivity contribution in [1.29, 1.82) is 0 Å². The minimum absolute atomic E-state index is 0.0312. The van der Waals surface area contributed by atoms with Crippen molar-refractivity contribution in [2.45, 2.75) is 39.2 Å². The minimum Gasteiger partial charge on any atom is -0.487 e. The first-order chi connectivity index (χ1) is 11.4. The monoisotopic (exact) mass is 325 g/mol. The molecular formula is C20H23NO3. The molecule has 0 bridgehead atoms. The largest absolute Gasteiger partial charge is 0.487 e. The van der Waals surface area contributed by atoms with Gasteiger partial charge in [0.15, 0.2) is 6.61 Å². The number of para-hydroxylation sites is 1. The molecule has 0 radical (unpaired) electrons. The van der Waals surface area contributed by atoms with Crippen molar-refractivity contribution in [2.24, 2.45) is 0 Å². The zero-order valence-corrected chi connectivity index (χ0v) is 14.4. The van der Waals surface area contributed by atoms with Gasteiger partial charge < -0.3 is 14.8 Å². The van der Waals surface area contributed by atoms with Gasteiger partial charge >= 0.3 is 0 Å². The zero-order valence-electron chi connectivity index (χ0n) is 14.4. The lowest BCUT2D eigenvalue weighted by Gasteiger charge is -2.33. The van der Waals surface area contributed by atoms with Crippen LogP contribution in [0.5, 0.6) is 11.5 Å². The van der Waals surface area contributed by atoms with Crippen molar-refractivity contribution in [3.8, 4) is 11.5 Å². The zero-order chi connectivity index (χ0) is 17.2. The number of hydrogen-bond donors (Lipinski definition) is 1. The number of benzene rings is 2. The SMILES string of the molecule is Cc1cc(OCC(=O)Nc2ccccc2)cc2c1CCC(C)(C)O2. The molecule has 0 aromatic heterocycles. The lowest BCUT2D eigenvalue weighted by molar-refractivity contribution is -0.118. The number of hydrogen-bond acceptors (Lipinski definition) is 3. The van der Waals surface area contributed by atoms with E-state index in [-0.39, 0.29) is 18.1 Å². The summed E-state index contributed by atoms with van der Waals surface area (Å²) in [6, 6.07) is 13.2. The fraction of sp³-hybridized carbons (Fsp3) is 0.350. The van der Waals surface area contributed by atoms with Crippen molar-refractivity contribution >= 4 is 11.6 Å². The van der Waals surface area contributed by atoms with Crippen molar-refractivity contribution in [1.82, 2.24) is 0 Å². The van der Waals surface area contributed by atoms with Crippen LogP contribution >= 0.6 is 0 Å². The van der Waals surface area contributed by atoms with E-state index >= 15 is 0 Å². The van der Waals surface area contributed by atoms with E-state index < -0.39 is 0 Å². The van der Waals surface area contributed by atoms with Crippen LogP contribution in [0.2, 0.25) is 0 Å². The van der Waals surface area contributed by atoms with Gasteiger partial charge in [-0.05, 0) is 62.9 Å². The maximum atomic E-state index is 12.0. The van der Waals surface area contributed by atoms with Crippen LogP contribution in [0.1, 0.15) is 31.4 Å². The average Bonchev–Trinajstić information content (AvgIpc) is 2.52. The maximum Gasteiger partial charge on any atom is 0.262 e. The molecule has 0 saturated heterocycles. The number of aryl methyl sites for hydroxylation is 1. The topological polar surface area (TPSA) is 47.6 Å². The first kappa shape index (κ1) is 16.4. The van der Waals surface area contributed by atoms with E-state index in [0.29, 0.717) is 5.75 Å². The first-order valence-corrected chi connectivity index (χ1v) is 8.23. The molecule has 0 unspecified atom stereocenters. The summed E-state index contributed by atoms with van der Waals surface area (Å²) in [6.45, 7) is 6.20. The summed E-state index contributed by atoms with van der Waals surface area (Å²) in [5.74, 6) is 1.34. The molecule has 4 heteroatoms. The van der Waals surface area contributed by atoms with Crippen molar-refractivity contribution in [2.75, 3.05) is 11.9 Å². The number of carbonyl (C=O) groups excluding carboxylic acids is 1. The van der Waals surface area contributed by atoms with Crippen LogP contribution in [0, 0.1) is 6.92 Å². The fourth-order valence-corrected chi connectivity index (χ4v) is 2.89. The van der Waals surface area contributed by atoms with Gasteiger partial charge in [-0.15, -0.1) is 0 Å². The van der Waals surface area contributed by atoms with Gasteiger partial charge in [0, 0.05) is 11.8 Å². The van der Waals surface area contributed by atoms with Gasteiger partial charge in [0.2, 0.25) is 0 Å². The molecule has 2 aromatic carbocycles. The van der Waals surface area contributed by atoms with E-state index in [1.165, 1.54) is 5.56 Å². The van der Waals surface area contributed by atoms with Crippen LogP contribution in [0.4, 0.5) is 5.69 Å². The summed E-state index contributed by atoms with van der Waals surface area (Å²) in [6.07, 6.45) is 2.00. The normalized spacial score (nSPS) is 15.1. The van der Waals surface area contributed by atoms with E-state index in [1.54, 1.807) is 0 Å². The Kier molecular flexibility index (Phi) is 4.47. The molecule has 1 N–H and O–H groups in total. The van der Waals surface area contributed by atoms with Crippen LogP contribution in [-0.4, -0.2) is 18.1 Å². The minimum atomic E-state index is -0.183. The van der Waals surface area contributed by atoms with Crippen molar-refractivity contribution in [3.05, 3.63) is 53.6 Å². The standard InChI is InChI=1S/C20H23NO3/c1-14-11-16(12-18-17(14)9-10-20(2,3)24-18)23-13-19(22)21-15-7-5-4-6-8-15/h4-8,11-12H,9-10,13H2,1-3H3,(H,21,22). The van der Waals surface area contributed by atoms with Gasteiger partial charge in [-0.3, -0.25) is 4.79 Å². The van der Waals surface area contributed by atoms with Gasteiger partial charge in [-0.1, -0.05) is 18.2 Å². The van der Waals surface area contributed by atoms with Gasteiger partial charge in [-0.2, -0.15) is 0 Å². The van der Waals surface area contributed by atoms with E-state index in [2.05, 4.69) is 26.1 Å². The highest BCUT2D eigenvalue weighted by atomic mass is 16.5. The summed E-state index contributed by atoms with van der Waals surface area (Å²) >= 11 is 0. The summed E-state index contributed by atoms with van der Waals surface area (Å²) in [5, 5.41) is 2.81. The molecule has 0 saturated carbocycles. The molecule has 3 rings (SSSR count). The highest BCUT2D eigenvalue weighted by Gasteiger charge is 2.28. The Bertz CT molecular complexity index is 738. The Hall–Kier alpha value is -2.49. The smallest absolute Gasteiger partial charge is 0.262 e. The summed E-state index contributed by atoms with van der Waals surface area (Å²) < 4.78 is 11.7. The number of anilines is 1. The predicted octanol–water partition coefficient (Wildman–Crippen LogP) is 4.12. The number of ether oxygens (including phenoxy) is 2. The van der Waals surface area contributed by atoms with Crippen LogP contribution in [0.3, 0.4) is 0 Å². The predicted molar refractivity (Wildman–Crippen MR) is 94.8 cm³/mol. The van der Waals surface area contributed by atoms with E-state index in [4.69, 9.17) is 9.47 Å². The van der Waals surface area contributed by atoms with E-state index in [0.717, 1.165) is 29.8 Å². The molecule has 1 aliphatic rings. The Morgan fingerprint density at radius 2 is 2.00 bits per heavy atom. The molecule has 2 aromatic rings. The molecule has 0 aliphatic carbocycles. The van der Waals surface area contributed by atoms with Crippen molar-refractivity contribution < 1.29 is 14.3 Å². The summed E-state index contributed by atoms with van der Waals surface area (Å²) in [4.78, 5) is 12.0. The van der Waals surface area contributed by atoms with E-state index in [1.807, 2.05) is 42.5 Å². The highest BCUT2D eigenvalue weighted by molar-refractivity contribution is 5.91. The Labute approximate surface area is 142 Å². The third-order valence-corrected chi connectivity index (χ3v) is 4.20. The van der Waals surface area contributed by atoms with Crippen LogP contribution in [0.15, 0.2) is 42.5 Å². The lowest BCUT2D eigenvalue weighted by Crippen LogP contribution is -2.32.